The van der Waals surface area contributed by atoms with Gasteiger partial charge in [0, 0.05) is 17.9 Å². The molecule has 0 aliphatic rings. The predicted molar refractivity (Wildman–Crippen MR) is 88.1 cm³/mol. The highest BCUT2D eigenvalue weighted by Gasteiger charge is 2.06. The first-order valence-electron chi connectivity index (χ1n) is 7.07. The Labute approximate surface area is 130 Å². The summed E-state index contributed by atoms with van der Waals surface area (Å²) in [5.41, 5.74) is 2.51. The summed E-state index contributed by atoms with van der Waals surface area (Å²) in [7, 11) is -3.24. The van der Waals surface area contributed by atoms with E-state index in [1.54, 1.807) is 31.2 Å². The minimum atomic E-state index is -3.24. The maximum Gasteiger partial charge on any atom is 0.232 e. The van der Waals surface area contributed by atoms with Crippen molar-refractivity contribution in [3.05, 3.63) is 59.9 Å². The largest absolute Gasteiger partial charge is 0.385 e. The lowest BCUT2D eigenvalue weighted by atomic mass is 10.1. The number of anilines is 2. The number of benzene rings is 2. The minimum absolute atomic E-state index is 0.0463. The van der Waals surface area contributed by atoms with Gasteiger partial charge in [0.25, 0.3) is 0 Å². The first-order chi connectivity index (χ1) is 10.5. The molecule has 2 rings (SSSR count). The van der Waals surface area contributed by atoms with Crippen LogP contribution in [-0.2, 0) is 16.4 Å². The third-order valence-corrected chi connectivity index (χ3v) is 4.50. The Morgan fingerprint density at radius 2 is 1.55 bits per heavy atom. The fourth-order valence-corrected chi connectivity index (χ4v) is 2.55. The van der Waals surface area contributed by atoms with Crippen LogP contribution in [-0.4, -0.2) is 20.7 Å². The summed E-state index contributed by atoms with van der Waals surface area (Å²) >= 11 is 0. The Kier molecular flexibility index (Phi) is 5.38. The number of rotatable bonds is 7. The Balaban J connectivity index is 1.85. The van der Waals surface area contributed by atoms with Gasteiger partial charge in [-0.3, -0.25) is 4.72 Å². The van der Waals surface area contributed by atoms with E-state index in [0.29, 0.717) is 12.2 Å². The van der Waals surface area contributed by atoms with Gasteiger partial charge in [-0.1, -0.05) is 12.1 Å². The van der Waals surface area contributed by atoms with Gasteiger partial charge in [-0.25, -0.2) is 12.8 Å². The molecule has 0 bridgehead atoms. The first kappa shape index (κ1) is 16.3. The summed E-state index contributed by atoms with van der Waals surface area (Å²) in [6.07, 6.45) is 0.782. The average molecular weight is 322 g/mol. The van der Waals surface area contributed by atoms with Gasteiger partial charge < -0.3 is 5.32 Å². The third-order valence-electron chi connectivity index (χ3n) is 3.19. The van der Waals surface area contributed by atoms with Gasteiger partial charge in [0.15, 0.2) is 0 Å². The number of nitrogens with one attached hydrogen (secondary N) is 2. The van der Waals surface area contributed by atoms with E-state index in [0.717, 1.165) is 17.7 Å². The lowest BCUT2D eigenvalue weighted by molar-refractivity contribution is 0.602. The van der Waals surface area contributed by atoms with Crippen LogP contribution in [0.5, 0.6) is 0 Å². The summed E-state index contributed by atoms with van der Waals surface area (Å²) in [6.45, 7) is 2.30. The molecule has 2 aromatic carbocycles. The Morgan fingerprint density at radius 3 is 2.14 bits per heavy atom. The summed E-state index contributed by atoms with van der Waals surface area (Å²) in [6, 6.07) is 13.5. The van der Waals surface area contributed by atoms with Gasteiger partial charge in [0.2, 0.25) is 10.0 Å². The van der Waals surface area contributed by atoms with Crippen LogP contribution in [0.4, 0.5) is 15.8 Å². The van der Waals surface area contributed by atoms with Crippen molar-refractivity contribution in [2.75, 3.05) is 22.3 Å². The molecule has 22 heavy (non-hydrogen) atoms. The van der Waals surface area contributed by atoms with E-state index in [1.807, 2.05) is 12.1 Å². The molecular formula is C16H19FN2O2S. The maximum absolute atomic E-state index is 12.8. The molecule has 0 amide bonds. The molecule has 0 radical (unpaired) electrons. The first-order valence-corrected chi connectivity index (χ1v) is 8.72. The highest BCUT2D eigenvalue weighted by molar-refractivity contribution is 7.92. The van der Waals surface area contributed by atoms with Gasteiger partial charge in [-0.05, 0) is 55.3 Å². The van der Waals surface area contributed by atoms with Gasteiger partial charge in [0.05, 0.1) is 5.75 Å². The number of hydrogen-bond donors (Lipinski definition) is 2. The molecule has 6 heteroatoms. The van der Waals surface area contributed by atoms with Crippen molar-refractivity contribution >= 4 is 21.4 Å². The SMILES string of the molecule is CCS(=O)(=O)Nc1ccc(NCCc2ccc(F)cc2)cc1. The van der Waals surface area contributed by atoms with E-state index in [4.69, 9.17) is 0 Å². The molecule has 0 fully saturated rings. The second kappa shape index (κ2) is 7.26. The predicted octanol–water partition coefficient (Wildman–Crippen LogP) is 3.24. The maximum atomic E-state index is 12.8. The van der Waals surface area contributed by atoms with Crippen LogP contribution < -0.4 is 10.0 Å². The summed E-state index contributed by atoms with van der Waals surface area (Å²) in [5.74, 6) is -0.188. The third kappa shape index (κ3) is 5.04. The normalized spacial score (nSPS) is 11.2. The molecule has 0 saturated heterocycles. The molecule has 0 spiro atoms. The van der Waals surface area contributed by atoms with E-state index in [-0.39, 0.29) is 11.6 Å². The van der Waals surface area contributed by atoms with E-state index in [9.17, 15) is 12.8 Å². The molecule has 2 N–H and O–H groups in total. The van der Waals surface area contributed by atoms with Crippen LogP contribution in [0.15, 0.2) is 48.5 Å². The van der Waals surface area contributed by atoms with Crippen molar-refractivity contribution in [2.45, 2.75) is 13.3 Å². The Hall–Kier alpha value is -2.08. The smallest absolute Gasteiger partial charge is 0.232 e. The molecule has 0 atom stereocenters. The zero-order chi connectivity index (χ0) is 16.0. The van der Waals surface area contributed by atoms with Crippen LogP contribution >= 0.6 is 0 Å². The highest BCUT2D eigenvalue weighted by Crippen LogP contribution is 2.15. The molecule has 4 nitrogen and oxygen atoms in total. The van der Waals surface area contributed by atoms with Crippen LogP contribution in [0.3, 0.4) is 0 Å². The lowest BCUT2D eigenvalue weighted by Gasteiger charge is -2.09. The van der Waals surface area contributed by atoms with Crippen LogP contribution in [0.2, 0.25) is 0 Å². The van der Waals surface area contributed by atoms with E-state index >= 15 is 0 Å². The van der Waals surface area contributed by atoms with Crippen molar-refractivity contribution in [3.63, 3.8) is 0 Å². The van der Waals surface area contributed by atoms with Crippen molar-refractivity contribution in [1.29, 1.82) is 0 Å². The van der Waals surface area contributed by atoms with Crippen molar-refractivity contribution in [2.24, 2.45) is 0 Å². The van der Waals surface area contributed by atoms with Crippen molar-refractivity contribution in [1.82, 2.24) is 0 Å². The zero-order valence-corrected chi connectivity index (χ0v) is 13.2. The van der Waals surface area contributed by atoms with E-state index in [1.165, 1.54) is 12.1 Å². The molecule has 0 aliphatic heterocycles. The minimum Gasteiger partial charge on any atom is -0.385 e. The van der Waals surface area contributed by atoms with E-state index < -0.39 is 10.0 Å². The Morgan fingerprint density at radius 1 is 0.955 bits per heavy atom. The Bertz CT molecular complexity index is 698. The topological polar surface area (TPSA) is 58.2 Å². The van der Waals surface area contributed by atoms with E-state index in [2.05, 4.69) is 10.0 Å². The molecule has 0 heterocycles. The van der Waals surface area contributed by atoms with Gasteiger partial charge >= 0.3 is 0 Å². The monoisotopic (exact) mass is 322 g/mol. The molecular weight excluding hydrogens is 303 g/mol. The number of hydrogen-bond acceptors (Lipinski definition) is 3. The molecule has 0 saturated carbocycles. The van der Waals surface area contributed by atoms with Gasteiger partial charge in [-0.15, -0.1) is 0 Å². The standard InChI is InChI=1S/C16H19FN2O2S/c1-2-22(20,21)19-16-9-7-15(8-10-16)18-12-11-13-3-5-14(17)6-4-13/h3-10,18-19H,2,11-12H2,1H3. The lowest BCUT2D eigenvalue weighted by Crippen LogP contribution is -2.14. The van der Waals surface area contributed by atoms with Crippen LogP contribution in [0, 0.1) is 5.82 Å². The van der Waals surface area contributed by atoms with Gasteiger partial charge in [0.1, 0.15) is 5.82 Å². The molecule has 0 unspecified atom stereocenters. The fourth-order valence-electron chi connectivity index (χ4n) is 1.91. The summed E-state index contributed by atoms with van der Waals surface area (Å²) in [5, 5.41) is 3.24. The number of halogens is 1. The summed E-state index contributed by atoms with van der Waals surface area (Å²) < 4.78 is 38.2. The van der Waals surface area contributed by atoms with Crippen LogP contribution in [0.25, 0.3) is 0 Å². The molecule has 0 aliphatic carbocycles. The number of sulfonamides is 1. The van der Waals surface area contributed by atoms with Crippen molar-refractivity contribution in [3.8, 4) is 0 Å². The average Bonchev–Trinajstić information content (AvgIpc) is 2.51. The molecule has 0 aromatic heterocycles. The van der Waals surface area contributed by atoms with Crippen LogP contribution in [0.1, 0.15) is 12.5 Å². The second-order valence-electron chi connectivity index (χ2n) is 4.89. The quantitative estimate of drug-likeness (QED) is 0.823. The second-order valence-corrected chi connectivity index (χ2v) is 6.90. The zero-order valence-electron chi connectivity index (χ0n) is 12.3. The molecule has 118 valence electrons. The van der Waals surface area contributed by atoms with Gasteiger partial charge in [-0.2, -0.15) is 0 Å². The fraction of sp³-hybridized carbons (Fsp3) is 0.250. The summed E-state index contributed by atoms with van der Waals surface area (Å²) in [4.78, 5) is 0. The molecule has 2 aromatic rings. The highest BCUT2D eigenvalue weighted by atomic mass is 32.2. The van der Waals surface area contributed by atoms with Crippen molar-refractivity contribution < 1.29 is 12.8 Å².